The molecule has 3 N–H and O–H groups in total. The molecule has 0 radical (unpaired) electrons. The van der Waals surface area contributed by atoms with E-state index in [2.05, 4.69) is 0 Å². The number of benzene rings is 1. The van der Waals surface area contributed by atoms with Gasteiger partial charge in [-0.2, -0.15) is 0 Å². The first kappa shape index (κ1) is 11.8. The van der Waals surface area contributed by atoms with Gasteiger partial charge in [0.15, 0.2) is 0 Å². The molecule has 0 saturated heterocycles. The van der Waals surface area contributed by atoms with Crippen molar-refractivity contribution >= 4 is 23.2 Å². The Kier molecular flexibility index (Phi) is 3.78. The second kappa shape index (κ2) is 4.49. The highest BCUT2D eigenvalue weighted by molar-refractivity contribution is 6.42. The summed E-state index contributed by atoms with van der Waals surface area (Å²) in [6, 6.07) is 5.27. The Morgan fingerprint density at radius 1 is 1.36 bits per heavy atom. The Morgan fingerprint density at radius 3 is 2.50 bits per heavy atom. The third kappa shape index (κ3) is 2.61. The second-order valence-corrected chi connectivity index (χ2v) is 4.33. The topological polar surface area (TPSA) is 46.2 Å². The van der Waals surface area contributed by atoms with Gasteiger partial charge in [-0.25, -0.2) is 0 Å². The number of aliphatic hydroxyl groups is 1. The van der Waals surface area contributed by atoms with Crippen molar-refractivity contribution in [1.29, 1.82) is 0 Å². The monoisotopic (exact) mass is 233 g/mol. The zero-order valence-electron chi connectivity index (χ0n) is 7.93. The first-order valence-corrected chi connectivity index (χ1v) is 5.08. The number of aliphatic hydroxyl groups excluding tert-OH is 1. The predicted octanol–water partition coefficient (Wildman–Crippen LogP) is 2.55. The molecule has 0 aliphatic heterocycles. The number of rotatable bonds is 3. The molecule has 2 nitrogen and oxygen atoms in total. The number of hydrogen-bond donors (Lipinski definition) is 2. The maximum atomic E-state index is 8.85. The third-order valence-electron chi connectivity index (χ3n) is 2.21. The fraction of sp³-hybridized carbons (Fsp3) is 0.400. The molecule has 0 bridgehead atoms. The fourth-order valence-corrected chi connectivity index (χ4v) is 1.53. The molecule has 0 heterocycles. The molecule has 78 valence electrons. The summed E-state index contributed by atoms with van der Waals surface area (Å²) in [6.07, 6.45) is 0.491. The van der Waals surface area contributed by atoms with E-state index in [9.17, 15) is 0 Å². The Labute approximate surface area is 93.6 Å². The van der Waals surface area contributed by atoms with Crippen LogP contribution in [-0.2, 0) is 5.54 Å². The lowest BCUT2D eigenvalue weighted by molar-refractivity contribution is 0.247. The summed E-state index contributed by atoms with van der Waals surface area (Å²) in [4.78, 5) is 0. The van der Waals surface area contributed by atoms with Gasteiger partial charge in [-0.3, -0.25) is 0 Å². The van der Waals surface area contributed by atoms with Gasteiger partial charge in [0.25, 0.3) is 0 Å². The minimum absolute atomic E-state index is 0.0489. The average molecular weight is 234 g/mol. The van der Waals surface area contributed by atoms with E-state index >= 15 is 0 Å². The zero-order valence-corrected chi connectivity index (χ0v) is 9.44. The molecular weight excluding hydrogens is 221 g/mol. The van der Waals surface area contributed by atoms with E-state index in [1.54, 1.807) is 12.1 Å². The van der Waals surface area contributed by atoms with Crippen molar-refractivity contribution in [3.8, 4) is 0 Å². The quantitative estimate of drug-likeness (QED) is 0.844. The number of hydrogen-bond acceptors (Lipinski definition) is 2. The van der Waals surface area contributed by atoms with Crippen molar-refractivity contribution in [2.24, 2.45) is 5.73 Å². The van der Waals surface area contributed by atoms with Crippen molar-refractivity contribution in [2.75, 3.05) is 6.61 Å². The van der Waals surface area contributed by atoms with Crippen molar-refractivity contribution in [2.45, 2.75) is 18.9 Å². The van der Waals surface area contributed by atoms with Crippen LogP contribution < -0.4 is 5.73 Å². The van der Waals surface area contributed by atoms with Crippen LogP contribution >= 0.6 is 23.2 Å². The summed E-state index contributed by atoms with van der Waals surface area (Å²) in [7, 11) is 0. The molecule has 0 aliphatic carbocycles. The van der Waals surface area contributed by atoms with Crippen LogP contribution in [0.25, 0.3) is 0 Å². The van der Waals surface area contributed by atoms with E-state index in [-0.39, 0.29) is 6.61 Å². The summed E-state index contributed by atoms with van der Waals surface area (Å²) < 4.78 is 0. The van der Waals surface area contributed by atoms with Gasteiger partial charge in [0.05, 0.1) is 10.0 Å². The third-order valence-corrected chi connectivity index (χ3v) is 2.95. The van der Waals surface area contributed by atoms with Gasteiger partial charge in [0, 0.05) is 12.1 Å². The van der Waals surface area contributed by atoms with Gasteiger partial charge < -0.3 is 10.8 Å². The molecule has 0 saturated carbocycles. The molecule has 1 aromatic carbocycles. The Bertz CT molecular complexity index is 326. The van der Waals surface area contributed by atoms with Crippen LogP contribution in [0.15, 0.2) is 18.2 Å². The molecule has 1 atom stereocenters. The van der Waals surface area contributed by atoms with Gasteiger partial charge in [-0.05, 0) is 31.0 Å². The minimum Gasteiger partial charge on any atom is -0.396 e. The van der Waals surface area contributed by atoms with Crippen molar-refractivity contribution in [3.05, 3.63) is 33.8 Å². The van der Waals surface area contributed by atoms with Gasteiger partial charge in [0.2, 0.25) is 0 Å². The van der Waals surface area contributed by atoms with E-state index in [0.717, 1.165) is 5.56 Å². The highest BCUT2D eigenvalue weighted by Crippen LogP contribution is 2.28. The highest BCUT2D eigenvalue weighted by Gasteiger charge is 2.20. The van der Waals surface area contributed by atoms with Crippen molar-refractivity contribution in [1.82, 2.24) is 0 Å². The largest absolute Gasteiger partial charge is 0.396 e. The summed E-state index contributed by atoms with van der Waals surface area (Å²) in [5.41, 5.74) is 6.32. The van der Waals surface area contributed by atoms with Crippen molar-refractivity contribution < 1.29 is 5.11 Å². The first-order chi connectivity index (χ1) is 6.47. The molecule has 1 aromatic rings. The SMILES string of the molecule is C[C@@](N)(CCO)c1ccc(Cl)c(Cl)c1. The van der Waals surface area contributed by atoms with E-state index in [1.807, 2.05) is 13.0 Å². The van der Waals surface area contributed by atoms with Crippen LogP contribution in [0.2, 0.25) is 10.0 Å². The average Bonchev–Trinajstić information content (AvgIpc) is 2.09. The normalized spacial score (nSPS) is 15.2. The minimum atomic E-state index is -0.566. The Balaban J connectivity index is 3.01. The Hall–Kier alpha value is -0.280. The summed E-state index contributed by atoms with van der Waals surface area (Å²) in [5.74, 6) is 0. The molecule has 1 rings (SSSR count). The van der Waals surface area contributed by atoms with Crippen LogP contribution in [0.1, 0.15) is 18.9 Å². The Morgan fingerprint density at radius 2 is 2.00 bits per heavy atom. The standard InChI is InChI=1S/C10H13Cl2NO/c1-10(13,4-5-14)7-2-3-8(11)9(12)6-7/h2-3,6,14H,4-5,13H2,1H3/t10-/m1/s1. The first-order valence-electron chi connectivity index (χ1n) is 4.32. The summed E-state index contributed by atoms with van der Waals surface area (Å²) in [5, 5.41) is 9.84. The zero-order chi connectivity index (χ0) is 10.8. The number of nitrogens with two attached hydrogens (primary N) is 1. The smallest absolute Gasteiger partial charge is 0.0595 e. The summed E-state index contributed by atoms with van der Waals surface area (Å²) in [6.45, 7) is 1.90. The highest BCUT2D eigenvalue weighted by atomic mass is 35.5. The lowest BCUT2D eigenvalue weighted by atomic mass is 9.90. The fourth-order valence-electron chi connectivity index (χ4n) is 1.23. The maximum Gasteiger partial charge on any atom is 0.0595 e. The van der Waals surface area contributed by atoms with Crippen LogP contribution in [0.3, 0.4) is 0 Å². The van der Waals surface area contributed by atoms with Gasteiger partial charge in [0.1, 0.15) is 0 Å². The predicted molar refractivity (Wildman–Crippen MR) is 59.7 cm³/mol. The van der Waals surface area contributed by atoms with Gasteiger partial charge in [-0.15, -0.1) is 0 Å². The van der Waals surface area contributed by atoms with Gasteiger partial charge in [-0.1, -0.05) is 29.3 Å². The lowest BCUT2D eigenvalue weighted by Crippen LogP contribution is -2.33. The van der Waals surface area contributed by atoms with Crippen LogP contribution in [0, 0.1) is 0 Å². The molecule has 0 fully saturated rings. The van der Waals surface area contributed by atoms with Crippen molar-refractivity contribution in [3.63, 3.8) is 0 Å². The van der Waals surface area contributed by atoms with Crippen LogP contribution in [0.4, 0.5) is 0 Å². The molecule has 4 heteroatoms. The van der Waals surface area contributed by atoms with Gasteiger partial charge >= 0.3 is 0 Å². The molecule has 14 heavy (non-hydrogen) atoms. The van der Waals surface area contributed by atoms with Crippen LogP contribution in [0.5, 0.6) is 0 Å². The lowest BCUT2D eigenvalue weighted by Gasteiger charge is -2.24. The van der Waals surface area contributed by atoms with E-state index < -0.39 is 5.54 Å². The second-order valence-electron chi connectivity index (χ2n) is 3.52. The molecule has 0 aromatic heterocycles. The van der Waals surface area contributed by atoms with Crippen LogP contribution in [-0.4, -0.2) is 11.7 Å². The molecule has 0 spiro atoms. The molecule has 0 amide bonds. The van der Waals surface area contributed by atoms with E-state index in [1.165, 1.54) is 0 Å². The summed E-state index contributed by atoms with van der Waals surface area (Å²) >= 11 is 11.7. The maximum absolute atomic E-state index is 8.85. The van der Waals surface area contributed by atoms with E-state index in [4.69, 9.17) is 34.0 Å². The molecule has 0 unspecified atom stereocenters. The molecular formula is C10H13Cl2NO. The molecule has 0 aliphatic rings. The number of halogens is 2. The van der Waals surface area contributed by atoms with E-state index in [0.29, 0.717) is 16.5 Å².